The molecule has 2 aromatic rings. The van der Waals surface area contributed by atoms with Crippen LogP contribution in [0.4, 0.5) is 5.00 Å². The summed E-state index contributed by atoms with van der Waals surface area (Å²) < 4.78 is 0. The molecule has 28 heavy (non-hydrogen) atoms. The van der Waals surface area contributed by atoms with Crippen molar-refractivity contribution in [2.24, 2.45) is 5.92 Å². The molecule has 0 radical (unpaired) electrons. The molecule has 0 saturated carbocycles. The van der Waals surface area contributed by atoms with Gasteiger partial charge in [0, 0.05) is 12.1 Å². The van der Waals surface area contributed by atoms with Gasteiger partial charge in [0.15, 0.2) is 0 Å². The van der Waals surface area contributed by atoms with Gasteiger partial charge in [-0.3, -0.25) is 9.59 Å². The summed E-state index contributed by atoms with van der Waals surface area (Å²) >= 11 is 1.36. The Labute approximate surface area is 176 Å². The van der Waals surface area contributed by atoms with Crippen LogP contribution in [0.2, 0.25) is 0 Å². The topological polar surface area (TPSA) is 70.2 Å². The number of amides is 2. The predicted molar refractivity (Wildman–Crippen MR) is 118 cm³/mol. The van der Waals surface area contributed by atoms with E-state index in [9.17, 15) is 9.59 Å². The van der Waals surface area contributed by atoms with Gasteiger partial charge >= 0.3 is 0 Å². The fourth-order valence-corrected chi connectivity index (χ4v) is 4.00. The standard InChI is InChI=1S/C21H27N3O2S.ClH/c1-14(2)16-3-5-17(6-4-16)19(25)24-21-18(9-12-27-21)20(26)23-11-8-15-7-10-22-13-15;/h3-6,9,12,14-15,22H,7-8,10-11,13H2,1-2H3,(H,23,26)(H,24,25);1H. The molecule has 0 bridgehead atoms. The second-order valence-corrected chi connectivity index (χ2v) is 8.21. The highest BCUT2D eigenvalue weighted by Crippen LogP contribution is 2.24. The van der Waals surface area contributed by atoms with Crippen LogP contribution in [0.15, 0.2) is 35.7 Å². The highest BCUT2D eigenvalue weighted by molar-refractivity contribution is 7.14. The van der Waals surface area contributed by atoms with E-state index in [4.69, 9.17) is 0 Å². The number of rotatable bonds is 7. The maximum atomic E-state index is 12.5. The molecule has 1 aromatic heterocycles. The van der Waals surface area contributed by atoms with Gasteiger partial charge in [-0.1, -0.05) is 26.0 Å². The minimum Gasteiger partial charge on any atom is -0.352 e. The predicted octanol–water partition coefficient (Wildman–Crippen LogP) is 4.28. The molecule has 1 aliphatic rings. The van der Waals surface area contributed by atoms with Gasteiger partial charge < -0.3 is 16.0 Å². The van der Waals surface area contributed by atoms with Crippen LogP contribution in [0, 0.1) is 5.92 Å². The number of carbonyl (C=O) groups excluding carboxylic acids is 2. The zero-order valence-corrected chi connectivity index (χ0v) is 17.9. The van der Waals surface area contributed by atoms with Crippen molar-refractivity contribution >= 4 is 40.6 Å². The number of hydrogen-bond donors (Lipinski definition) is 3. The molecule has 1 unspecified atom stereocenters. The number of nitrogens with one attached hydrogen (secondary N) is 3. The van der Waals surface area contributed by atoms with Gasteiger partial charge in [0.05, 0.1) is 5.56 Å². The molecule has 5 nitrogen and oxygen atoms in total. The summed E-state index contributed by atoms with van der Waals surface area (Å²) in [5.41, 5.74) is 2.31. The molecule has 1 saturated heterocycles. The van der Waals surface area contributed by atoms with E-state index in [1.165, 1.54) is 23.3 Å². The summed E-state index contributed by atoms with van der Waals surface area (Å²) in [6.45, 7) is 7.00. The third-order valence-corrected chi connectivity index (χ3v) is 5.81. The van der Waals surface area contributed by atoms with Crippen molar-refractivity contribution in [2.45, 2.75) is 32.6 Å². The molecule has 0 spiro atoms. The van der Waals surface area contributed by atoms with E-state index in [-0.39, 0.29) is 24.2 Å². The Morgan fingerprint density at radius 2 is 1.93 bits per heavy atom. The lowest BCUT2D eigenvalue weighted by atomic mass is 10.0. The molecule has 152 valence electrons. The zero-order valence-electron chi connectivity index (χ0n) is 16.3. The van der Waals surface area contributed by atoms with Crippen molar-refractivity contribution in [1.82, 2.24) is 10.6 Å². The van der Waals surface area contributed by atoms with Crippen LogP contribution in [0.25, 0.3) is 0 Å². The monoisotopic (exact) mass is 421 g/mol. The van der Waals surface area contributed by atoms with Gasteiger partial charge in [-0.25, -0.2) is 0 Å². The van der Waals surface area contributed by atoms with Crippen molar-refractivity contribution < 1.29 is 9.59 Å². The second kappa shape index (κ2) is 10.6. The summed E-state index contributed by atoms with van der Waals surface area (Å²) in [5.74, 6) is 0.738. The summed E-state index contributed by atoms with van der Waals surface area (Å²) in [7, 11) is 0. The van der Waals surface area contributed by atoms with Gasteiger partial charge in [-0.15, -0.1) is 23.7 Å². The molecule has 1 aromatic carbocycles. The van der Waals surface area contributed by atoms with E-state index in [0.29, 0.717) is 34.5 Å². The minimum atomic E-state index is -0.196. The highest BCUT2D eigenvalue weighted by atomic mass is 35.5. The van der Waals surface area contributed by atoms with E-state index in [1.54, 1.807) is 6.07 Å². The maximum Gasteiger partial charge on any atom is 0.256 e. The van der Waals surface area contributed by atoms with Crippen LogP contribution in [0.1, 0.15) is 58.9 Å². The van der Waals surface area contributed by atoms with Crippen LogP contribution in [-0.4, -0.2) is 31.4 Å². The molecule has 1 atom stereocenters. The van der Waals surface area contributed by atoms with Gasteiger partial charge in [0.2, 0.25) is 0 Å². The van der Waals surface area contributed by atoms with Gasteiger partial charge in [0.25, 0.3) is 11.8 Å². The second-order valence-electron chi connectivity index (χ2n) is 7.30. The van der Waals surface area contributed by atoms with Crippen molar-refractivity contribution in [2.75, 3.05) is 25.0 Å². The number of halogens is 1. The number of thiophene rings is 1. The number of benzene rings is 1. The lowest BCUT2D eigenvalue weighted by Crippen LogP contribution is -2.27. The number of anilines is 1. The first-order valence-corrected chi connectivity index (χ1v) is 10.4. The van der Waals surface area contributed by atoms with Crippen LogP contribution in [0.3, 0.4) is 0 Å². The Morgan fingerprint density at radius 3 is 2.57 bits per heavy atom. The molecule has 7 heteroatoms. The summed E-state index contributed by atoms with van der Waals surface area (Å²) in [6.07, 6.45) is 2.15. The largest absolute Gasteiger partial charge is 0.352 e. The van der Waals surface area contributed by atoms with Crippen molar-refractivity contribution in [3.05, 3.63) is 52.4 Å². The molecule has 2 heterocycles. The number of hydrogen-bond acceptors (Lipinski definition) is 4. The van der Waals surface area contributed by atoms with Crippen LogP contribution < -0.4 is 16.0 Å². The van der Waals surface area contributed by atoms with Crippen molar-refractivity contribution in [3.8, 4) is 0 Å². The zero-order chi connectivity index (χ0) is 19.2. The molecule has 2 amide bonds. The smallest absolute Gasteiger partial charge is 0.256 e. The third-order valence-electron chi connectivity index (χ3n) is 4.98. The van der Waals surface area contributed by atoms with Gasteiger partial charge in [-0.2, -0.15) is 0 Å². The molecule has 1 fully saturated rings. The molecule has 0 aliphatic carbocycles. The first-order chi connectivity index (χ1) is 13.0. The van der Waals surface area contributed by atoms with Crippen LogP contribution >= 0.6 is 23.7 Å². The van der Waals surface area contributed by atoms with Crippen molar-refractivity contribution in [3.63, 3.8) is 0 Å². The Kier molecular flexibility index (Phi) is 8.48. The number of carbonyl (C=O) groups is 2. The Bertz CT molecular complexity index is 783. The van der Waals surface area contributed by atoms with Gasteiger partial charge in [0.1, 0.15) is 5.00 Å². The quantitative estimate of drug-likeness (QED) is 0.625. The average molecular weight is 422 g/mol. The normalized spacial score (nSPS) is 15.9. The Balaban J connectivity index is 0.00000280. The van der Waals surface area contributed by atoms with Gasteiger partial charge in [-0.05, 0) is 66.9 Å². The third kappa shape index (κ3) is 5.80. The van der Waals surface area contributed by atoms with Crippen LogP contribution in [0.5, 0.6) is 0 Å². The summed E-state index contributed by atoms with van der Waals surface area (Å²) in [4.78, 5) is 25.0. The molecule has 3 rings (SSSR count). The fraction of sp³-hybridized carbons (Fsp3) is 0.429. The van der Waals surface area contributed by atoms with E-state index in [1.807, 2.05) is 29.6 Å². The average Bonchev–Trinajstić information content (AvgIpc) is 3.33. The van der Waals surface area contributed by atoms with E-state index in [2.05, 4.69) is 29.8 Å². The molecular formula is C21H28ClN3O2S. The molecule has 1 aliphatic heterocycles. The minimum absolute atomic E-state index is 0. The molecular weight excluding hydrogens is 394 g/mol. The van der Waals surface area contributed by atoms with Crippen molar-refractivity contribution in [1.29, 1.82) is 0 Å². The lowest BCUT2D eigenvalue weighted by molar-refractivity contribution is 0.0953. The Hall–Kier alpha value is -1.89. The molecule has 3 N–H and O–H groups in total. The van der Waals surface area contributed by atoms with E-state index < -0.39 is 0 Å². The summed E-state index contributed by atoms with van der Waals surface area (Å²) in [6, 6.07) is 9.36. The fourth-order valence-electron chi connectivity index (χ4n) is 3.23. The maximum absolute atomic E-state index is 12.5. The first-order valence-electron chi connectivity index (χ1n) is 9.52. The lowest BCUT2D eigenvalue weighted by Gasteiger charge is -2.11. The van der Waals surface area contributed by atoms with E-state index in [0.717, 1.165) is 19.5 Å². The van der Waals surface area contributed by atoms with Crippen LogP contribution in [-0.2, 0) is 0 Å². The Morgan fingerprint density at radius 1 is 1.18 bits per heavy atom. The SMILES string of the molecule is CC(C)c1ccc(C(=O)Nc2sccc2C(=O)NCCC2CCNC2)cc1.Cl. The summed E-state index contributed by atoms with van der Waals surface area (Å²) in [5, 5.41) is 11.6. The first kappa shape index (κ1) is 22.4. The van der Waals surface area contributed by atoms with E-state index >= 15 is 0 Å². The highest BCUT2D eigenvalue weighted by Gasteiger charge is 2.18.